The number of carbonyl (C=O) groups is 2. The normalized spacial score (nSPS) is 23.3. The number of aromatic nitrogens is 1. The monoisotopic (exact) mass is 545 g/mol. The predicted octanol–water partition coefficient (Wildman–Crippen LogP) is 6.51. The van der Waals surface area contributed by atoms with E-state index in [4.69, 9.17) is 4.74 Å². The molecule has 2 N–H and O–H groups in total. The van der Waals surface area contributed by atoms with Gasteiger partial charge in [-0.15, -0.1) is 0 Å². The lowest BCUT2D eigenvalue weighted by Gasteiger charge is -2.45. The molecule has 0 unspecified atom stereocenters. The van der Waals surface area contributed by atoms with Crippen LogP contribution in [0, 0.1) is 18.3 Å². The van der Waals surface area contributed by atoms with Gasteiger partial charge in [-0.05, 0) is 97.3 Å². The van der Waals surface area contributed by atoms with Crippen molar-refractivity contribution in [3.8, 4) is 5.75 Å². The highest BCUT2D eigenvalue weighted by atomic mass is 32.2. The van der Waals surface area contributed by atoms with Gasteiger partial charge in [0.25, 0.3) is 0 Å². The number of carbonyl (C=O) groups excluding carboxylic acids is 2. The number of nitrogens with one attached hydrogen (secondary N) is 2. The number of amides is 2. The zero-order chi connectivity index (χ0) is 27.4. The zero-order valence-electron chi connectivity index (χ0n) is 23.4. The van der Waals surface area contributed by atoms with Crippen molar-refractivity contribution in [2.24, 2.45) is 11.3 Å². The van der Waals surface area contributed by atoms with E-state index in [1.165, 1.54) is 16.6 Å². The average molecular weight is 546 g/mol. The summed E-state index contributed by atoms with van der Waals surface area (Å²) in [5, 5.41) is 4.43. The summed E-state index contributed by atoms with van der Waals surface area (Å²) in [6.07, 6.45) is 3.84. The quantitative estimate of drug-likeness (QED) is 0.338. The Morgan fingerprint density at radius 1 is 1.08 bits per heavy atom. The summed E-state index contributed by atoms with van der Waals surface area (Å²) in [7, 11) is 1.63. The van der Waals surface area contributed by atoms with Crippen molar-refractivity contribution >= 4 is 40.2 Å². The third-order valence-corrected chi connectivity index (χ3v) is 10.4. The summed E-state index contributed by atoms with van der Waals surface area (Å²) in [6.45, 7) is 6.74. The van der Waals surface area contributed by atoms with Gasteiger partial charge in [-0.1, -0.05) is 32.0 Å². The summed E-state index contributed by atoms with van der Waals surface area (Å²) in [5.41, 5.74) is 3.68. The van der Waals surface area contributed by atoms with Gasteiger partial charge in [-0.3, -0.25) is 9.59 Å². The minimum atomic E-state index is -0.797. The smallest absolute Gasteiger partial charge is 0.250 e. The number of aryl methyl sites for hydroxylation is 1. The highest BCUT2D eigenvalue weighted by molar-refractivity contribution is 7.99. The molecule has 1 aromatic heterocycles. The molecule has 39 heavy (non-hydrogen) atoms. The molecule has 0 bridgehead atoms. The zero-order valence-corrected chi connectivity index (χ0v) is 24.2. The Labute approximate surface area is 235 Å². The maximum atomic E-state index is 14.3. The van der Waals surface area contributed by atoms with E-state index in [-0.39, 0.29) is 29.2 Å². The van der Waals surface area contributed by atoms with Crippen molar-refractivity contribution < 1.29 is 14.3 Å². The fourth-order valence-corrected chi connectivity index (χ4v) is 8.18. The molecule has 0 spiro atoms. The van der Waals surface area contributed by atoms with Crippen LogP contribution in [0.15, 0.2) is 48.5 Å². The molecule has 3 aliphatic rings. The number of thioether (sulfide) groups is 1. The number of ether oxygens (including phenoxy) is 1. The topological polar surface area (TPSA) is 74.4 Å². The maximum absolute atomic E-state index is 14.3. The highest BCUT2D eigenvalue weighted by Gasteiger charge is 2.61. The lowest BCUT2D eigenvalue weighted by atomic mass is 9.87. The van der Waals surface area contributed by atoms with Gasteiger partial charge in [0.2, 0.25) is 11.8 Å². The Morgan fingerprint density at radius 3 is 2.44 bits per heavy atom. The molecule has 2 aromatic carbocycles. The lowest BCUT2D eigenvalue weighted by molar-refractivity contribution is -0.147. The Balaban J connectivity index is 1.27. The van der Waals surface area contributed by atoms with E-state index in [1.807, 2.05) is 40.9 Å². The number of H-pyrrole nitrogens is 1. The van der Waals surface area contributed by atoms with Crippen LogP contribution in [0.5, 0.6) is 5.75 Å². The molecular formula is C32H39N3O3S. The van der Waals surface area contributed by atoms with Gasteiger partial charge >= 0.3 is 0 Å². The van der Waals surface area contributed by atoms with Gasteiger partial charge in [0.15, 0.2) is 0 Å². The largest absolute Gasteiger partial charge is 0.497 e. The molecule has 2 aliphatic carbocycles. The first-order valence-corrected chi connectivity index (χ1v) is 15.3. The number of methoxy groups -OCH3 is 1. The first-order chi connectivity index (χ1) is 18.8. The van der Waals surface area contributed by atoms with Crippen molar-refractivity contribution in [1.29, 1.82) is 0 Å². The Morgan fingerprint density at radius 2 is 1.77 bits per heavy atom. The molecule has 0 radical (unpaired) electrons. The number of fused-ring (bicyclic) bond motifs is 1. The number of nitrogens with zero attached hydrogens (tertiary/aromatic N) is 1. The van der Waals surface area contributed by atoms with Crippen LogP contribution in [-0.4, -0.2) is 51.9 Å². The number of hydrogen-bond acceptors (Lipinski definition) is 4. The molecule has 2 heterocycles. The third-order valence-electron chi connectivity index (χ3n) is 9.43. The predicted molar refractivity (Wildman–Crippen MR) is 158 cm³/mol. The molecule has 6 nitrogen and oxygen atoms in total. The molecule has 2 atom stereocenters. The van der Waals surface area contributed by atoms with Crippen LogP contribution in [0.25, 0.3) is 10.9 Å². The average Bonchev–Trinajstić information content (AvgIpc) is 3.82. The molecule has 1 saturated heterocycles. The highest BCUT2D eigenvalue weighted by Crippen LogP contribution is 2.67. The fraction of sp³-hybridized carbons (Fsp3) is 0.500. The molecular weight excluding hydrogens is 506 g/mol. The number of para-hydroxylation sites is 1. The van der Waals surface area contributed by atoms with Gasteiger partial charge in [0.05, 0.1) is 7.11 Å². The minimum Gasteiger partial charge on any atom is -0.497 e. The Bertz CT molecular complexity index is 1390. The Kier molecular flexibility index (Phi) is 6.69. The van der Waals surface area contributed by atoms with Gasteiger partial charge < -0.3 is 19.9 Å². The second-order valence-electron chi connectivity index (χ2n) is 12.1. The Hall–Kier alpha value is -2.93. The molecule has 6 rings (SSSR count). The van der Waals surface area contributed by atoms with Crippen LogP contribution in [0.2, 0.25) is 0 Å². The number of hydrogen-bond donors (Lipinski definition) is 2. The summed E-state index contributed by atoms with van der Waals surface area (Å²) < 4.78 is 5.28. The third kappa shape index (κ3) is 4.62. The first-order valence-electron chi connectivity index (χ1n) is 14.2. The van der Waals surface area contributed by atoms with Crippen molar-refractivity contribution in [2.45, 2.75) is 70.4 Å². The van der Waals surface area contributed by atoms with Gasteiger partial charge in [-0.25, -0.2) is 0 Å². The van der Waals surface area contributed by atoms with Gasteiger partial charge in [-0.2, -0.15) is 11.8 Å². The lowest BCUT2D eigenvalue weighted by Crippen LogP contribution is -2.61. The van der Waals surface area contributed by atoms with E-state index < -0.39 is 5.54 Å². The summed E-state index contributed by atoms with van der Waals surface area (Å²) >= 11 is 1.88. The standard InChI is InChI=1S/C32H39N3O3S/c1-20-28(24-7-5-6-8-26(24)33-20)29-25(31(29,2)3)19-27(36)35(22-11-12-22)32(15-17-39-18-16-32)30(37)34-21-9-13-23(38-4)14-10-21/h5-10,13-14,22,25,29,33H,11-12,15-19H2,1-4H3,(H,34,37)/t25-,29+/m0/s1. The van der Waals surface area contributed by atoms with Crippen molar-refractivity contribution in [2.75, 3.05) is 23.9 Å². The van der Waals surface area contributed by atoms with Crippen LogP contribution >= 0.6 is 11.8 Å². The van der Waals surface area contributed by atoms with E-state index >= 15 is 0 Å². The number of anilines is 1. The van der Waals surface area contributed by atoms with Crippen molar-refractivity contribution in [3.63, 3.8) is 0 Å². The van der Waals surface area contributed by atoms with Crippen LogP contribution in [0.3, 0.4) is 0 Å². The van der Waals surface area contributed by atoms with E-state index in [9.17, 15) is 9.59 Å². The SMILES string of the molecule is COc1ccc(NC(=O)C2(N(C(=O)C[C@H]3[C@H](c4c(C)[nH]c5ccccc45)C3(C)C)C3CC3)CCSCC2)cc1. The fourth-order valence-electron chi connectivity index (χ4n) is 7.02. The minimum absolute atomic E-state index is 0.0293. The van der Waals surface area contributed by atoms with Crippen LogP contribution in [0.1, 0.15) is 63.1 Å². The van der Waals surface area contributed by atoms with E-state index in [2.05, 4.69) is 55.3 Å². The van der Waals surface area contributed by atoms with Crippen LogP contribution in [0.4, 0.5) is 5.69 Å². The van der Waals surface area contributed by atoms with Gasteiger partial charge in [0.1, 0.15) is 11.3 Å². The summed E-state index contributed by atoms with van der Waals surface area (Å²) in [4.78, 5) is 33.9. The maximum Gasteiger partial charge on any atom is 0.250 e. The van der Waals surface area contributed by atoms with Gasteiger partial charge in [0, 0.05) is 34.7 Å². The van der Waals surface area contributed by atoms with E-state index in [0.717, 1.165) is 41.3 Å². The molecule has 2 amide bonds. The van der Waals surface area contributed by atoms with E-state index in [1.54, 1.807) is 7.11 Å². The number of rotatable bonds is 8. The van der Waals surface area contributed by atoms with Crippen molar-refractivity contribution in [1.82, 2.24) is 9.88 Å². The summed E-state index contributed by atoms with van der Waals surface area (Å²) in [6, 6.07) is 16.1. The van der Waals surface area contributed by atoms with Crippen molar-refractivity contribution in [3.05, 3.63) is 59.8 Å². The molecule has 3 fully saturated rings. The first kappa shape index (κ1) is 26.3. The second kappa shape index (κ2) is 9.92. The van der Waals surface area contributed by atoms with Crippen LogP contribution in [-0.2, 0) is 9.59 Å². The number of aromatic amines is 1. The van der Waals surface area contributed by atoms with E-state index in [0.29, 0.717) is 25.2 Å². The molecule has 7 heteroatoms. The molecule has 1 aliphatic heterocycles. The number of benzene rings is 2. The van der Waals surface area contributed by atoms with Crippen LogP contribution < -0.4 is 10.1 Å². The summed E-state index contributed by atoms with van der Waals surface area (Å²) in [5.74, 6) is 3.20. The second-order valence-corrected chi connectivity index (χ2v) is 13.4. The molecule has 2 saturated carbocycles. The molecule has 3 aromatic rings. The molecule has 206 valence electrons.